The minimum atomic E-state index is -0.513. The van der Waals surface area contributed by atoms with E-state index in [-0.39, 0.29) is 18.0 Å². The normalized spacial score (nSPS) is 17.3. The molecule has 0 saturated carbocycles. The number of rotatable bonds is 2. The molecule has 3 aromatic rings. The van der Waals surface area contributed by atoms with Crippen molar-refractivity contribution in [1.29, 1.82) is 0 Å². The van der Waals surface area contributed by atoms with Crippen LogP contribution in [0.15, 0.2) is 42.7 Å². The maximum absolute atomic E-state index is 13.8. The highest BCUT2D eigenvalue weighted by molar-refractivity contribution is 14.1. The molecule has 0 N–H and O–H groups in total. The van der Waals surface area contributed by atoms with Crippen molar-refractivity contribution in [1.82, 2.24) is 14.5 Å². The van der Waals surface area contributed by atoms with E-state index in [1.54, 1.807) is 17.2 Å². The fourth-order valence-corrected chi connectivity index (χ4v) is 4.74. The highest BCUT2D eigenvalue weighted by Gasteiger charge is 2.31. The minimum absolute atomic E-state index is 0.0766. The summed E-state index contributed by atoms with van der Waals surface area (Å²) in [6, 6.07) is 8.60. The van der Waals surface area contributed by atoms with E-state index in [1.165, 1.54) is 12.1 Å². The Balaban J connectivity index is 1.64. The Morgan fingerprint density at radius 2 is 2.03 bits per heavy atom. The monoisotopic (exact) mass is 536 g/mol. The molecule has 1 fully saturated rings. The van der Waals surface area contributed by atoms with Crippen LogP contribution in [0.5, 0.6) is 0 Å². The molecule has 0 radical (unpaired) electrons. The summed E-state index contributed by atoms with van der Waals surface area (Å²) in [6.07, 6.45) is 3.51. The van der Waals surface area contributed by atoms with Gasteiger partial charge >= 0.3 is 6.09 Å². The van der Waals surface area contributed by atoms with Gasteiger partial charge in [0, 0.05) is 47.3 Å². The number of anilines is 1. The highest BCUT2D eigenvalue weighted by atomic mass is 127. The minimum Gasteiger partial charge on any atom is -0.444 e. The van der Waals surface area contributed by atoms with Crippen LogP contribution in [-0.4, -0.2) is 51.8 Å². The smallest absolute Gasteiger partial charge is 0.410 e. The summed E-state index contributed by atoms with van der Waals surface area (Å²) in [5.74, 6) is 0.615. The first kappa shape index (κ1) is 21.9. The summed E-state index contributed by atoms with van der Waals surface area (Å²) in [5, 5.41) is 1.03. The molecule has 1 aliphatic rings. The molecule has 1 aromatic carbocycles. The summed E-state index contributed by atoms with van der Waals surface area (Å²) >= 11 is 2.31. The number of benzene rings is 1. The molecule has 2 aromatic heterocycles. The van der Waals surface area contributed by atoms with Gasteiger partial charge in [-0.25, -0.2) is 14.2 Å². The Morgan fingerprint density at radius 1 is 1.26 bits per heavy atom. The number of ether oxygens (including phenoxy) is 1. The summed E-state index contributed by atoms with van der Waals surface area (Å²) < 4.78 is 22.4. The van der Waals surface area contributed by atoms with Crippen LogP contribution in [0, 0.1) is 9.39 Å². The number of carbonyl (C=O) groups is 1. The predicted molar refractivity (Wildman–Crippen MR) is 128 cm³/mol. The second kappa shape index (κ2) is 8.29. The average molecular weight is 536 g/mol. The Hall–Kier alpha value is -2.36. The lowest BCUT2D eigenvalue weighted by atomic mass is 10.1. The van der Waals surface area contributed by atoms with Gasteiger partial charge in [-0.1, -0.05) is 6.07 Å². The predicted octanol–water partition coefficient (Wildman–Crippen LogP) is 5.21. The van der Waals surface area contributed by atoms with Gasteiger partial charge in [0.1, 0.15) is 17.2 Å². The van der Waals surface area contributed by atoms with Crippen LogP contribution in [0.3, 0.4) is 0 Å². The molecule has 0 spiro atoms. The number of halogens is 2. The fourth-order valence-electron chi connectivity index (χ4n) is 3.94. The molecular weight excluding hydrogens is 510 g/mol. The summed E-state index contributed by atoms with van der Waals surface area (Å²) in [7, 11) is 0. The second-order valence-electron chi connectivity index (χ2n) is 8.82. The Morgan fingerprint density at radius 3 is 2.71 bits per heavy atom. The van der Waals surface area contributed by atoms with E-state index in [2.05, 4.69) is 34.4 Å². The first-order chi connectivity index (χ1) is 14.6. The lowest BCUT2D eigenvalue weighted by molar-refractivity contribution is 0.0218. The molecule has 164 valence electrons. The van der Waals surface area contributed by atoms with Crippen LogP contribution in [0.4, 0.5) is 15.0 Å². The maximum atomic E-state index is 13.8. The Labute approximate surface area is 195 Å². The van der Waals surface area contributed by atoms with Crippen molar-refractivity contribution in [3.8, 4) is 5.69 Å². The number of nitrogens with zero attached hydrogens (tertiary/aromatic N) is 4. The molecule has 1 atom stereocenters. The van der Waals surface area contributed by atoms with E-state index < -0.39 is 5.60 Å². The number of amides is 1. The van der Waals surface area contributed by atoms with Gasteiger partial charge in [0.15, 0.2) is 0 Å². The third kappa shape index (κ3) is 4.49. The van der Waals surface area contributed by atoms with Gasteiger partial charge in [-0.3, -0.25) is 0 Å². The topological polar surface area (TPSA) is 50.6 Å². The number of hydrogen-bond acceptors (Lipinski definition) is 4. The van der Waals surface area contributed by atoms with E-state index in [0.29, 0.717) is 19.6 Å². The van der Waals surface area contributed by atoms with Gasteiger partial charge < -0.3 is 19.1 Å². The fraction of sp³-hybridized carbons (Fsp3) is 0.391. The number of hydrogen-bond donors (Lipinski definition) is 0. The quantitative estimate of drug-likeness (QED) is 0.422. The molecule has 1 saturated heterocycles. The van der Waals surface area contributed by atoms with Gasteiger partial charge in [0.2, 0.25) is 0 Å². The highest BCUT2D eigenvalue weighted by Crippen LogP contribution is 2.34. The van der Waals surface area contributed by atoms with Crippen LogP contribution in [0.25, 0.3) is 16.6 Å². The summed E-state index contributed by atoms with van der Waals surface area (Å²) in [6.45, 7) is 9.51. The number of piperazine rings is 1. The van der Waals surface area contributed by atoms with Crippen molar-refractivity contribution < 1.29 is 13.9 Å². The van der Waals surface area contributed by atoms with Crippen LogP contribution in [0.1, 0.15) is 27.7 Å². The average Bonchev–Trinajstić information content (AvgIpc) is 3.04. The van der Waals surface area contributed by atoms with Gasteiger partial charge in [-0.2, -0.15) is 0 Å². The standard InChI is InChI=1S/C23H26FIN4O2/c1-15-13-27(22(30)31-23(2,3)4)10-11-28(15)21-20-18(25)14-29(19(20)8-9-26-21)17-7-5-6-16(24)12-17/h5-9,12,14-15H,10-11,13H2,1-4H3. The Kier molecular flexibility index (Phi) is 5.85. The molecular formula is C23H26FIN4O2. The number of fused-ring (bicyclic) bond motifs is 1. The van der Waals surface area contributed by atoms with Gasteiger partial charge in [0.25, 0.3) is 0 Å². The molecule has 1 amide bonds. The first-order valence-corrected chi connectivity index (χ1v) is 11.4. The van der Waals surface area contributed by atoms with E-state index in [4.69, 9.17) is 9.72 Å². The van der Waals surface area contributed by atoms with Gasteiger partial charge in [0.05, 0.1) is 10.9 Å². The molecule has 3 heterocycles. The molecule has 6 nitrogen and oxygen atoms in total. The van der Waals surface area contributed by atoms with Crippen LogP contribution < -0.4 is 4.90 Å². The van der Waals surface area contributed by atoms with Crippen LogP contribution in [-0.2, 0) is 4.74 Å². The van der Waals surface area contributed by atoms with Crippen LogP contribution >= 0.6 is 22.6 Å². The van der Waals surface area contributed by atoms with Crippen molar-refractivity contribution in [2.45, 2.75) is 39.3 Å². The molecule has 0 aliphatic carbocycles. The van der Waals surface area contributed by atoms with Crippen LogP contribution in [0.2, 0.25) is 0 Å². The number of aromatic nitrogens is 2. The molecule has 1 aliphatic heterocycles. The SMILES string of the molecule is CC1CN(C(=O)OC(C)(C)C)CCN1c1nccc2c1c(I)cn2-c1cccc(F)c1. The molecule has 4 rings (SSSR count). The molecule has 31 heavy (non-hydrogen) atoms. The largest absolute Gasteiger partial charge is 0.444 e. The zero-order chi connectivity index (χ0) is 22.3. The molecule has 1 unspecified atom stereocenters. The van der Waals surface area contributed by atoms with Crippen molar-refractivity contribution in [3.05, 3.63) is 52.1 Å². The summed E-state index contributed by atoms with van der Waals surface area (Å²) in [5.41, 5.74) is 1.23. The maximum Gasteiger partial charge on any atom is 0.410 e. The summed E-state index contributed by atoms with van der Waals surface area (Å²) in [4.78, 5) is 21.2. The van der Waals surface area contributed by atoms with E-state index >= 15 is 0 Å². The van der Waals surface area contributed by atoms with Crippen molar-refractivity contribution in [3.63, 3.8) is 0 Å². The van der Waals surface area contributed by atoms with Crippen molar-refractivity contribution in [2.24, 2.45) is 0 Å². The van der Waals surface area contributed by atoms with Gasteiger partial charge in [-0.05, 0) is 74.6 Å². The Bertz CT molecular complexity index is 1120. The van der Waals surface area contributed by atoms with E-state index in [9.17, 15) is 9.18 Å². The third-order valence-corrected chi connectivity index (χ3v) is 6.11. The number of carbonyl (C=O) groups excluding carboxylic acids is 1. The zero-order valence-corrected chi connectivity index (χ0v) is 20.3. The zero-order valence-electron chi connectivity index (χ0n) is 18.1. The lowest BCUT2D eigenvalue weighted by Crippen LogP contribution is -2.54. The van der Waals surface area contributed by atoms with Crippen molar-refractivity contribution >= 4 is 45.4 Å². The molecule has 0 bridgehead atoms. The van der Waals surface area contributed by atoms with E-state index in [1.807, 2.05) is 43.7 Å². The number of pyridine rings is 1. The van der Waals surface area contributed by atoms with Crippen molar-refractivity contribution in [2.75, 3.05) is 24.5 Å². The second-order valence-corrected chi connectivity index (χ2v) is 9.99. The first-order valence-electron chi connectivity index (χ1n) is 10.3. The lowest BCUT2D eigenvalue weighted by Gasteiger charge is -2.41. The molecule has 8 heteroatoms. The van der Waals surface area contributed by atoms with E-state index in [0.717, 1.165) is 26.0 Å². The van der Waals surface area contributed by atoms with Gasteiger partial charge in [-0.15, -0.1) is 0 Å². The third-order valence-electron chi connectivity index (χ3n) is 5.29.